The van der Waals surface area contributed by atoms with Crippen LogP contribution in [0.15, 0.2) is 18.2 Å². The van der Waals surface area contributed by atoms with Crippen molar-refractivity contribution in [3.8, 4) is 0 Å². The lowest BCUT2D eigenvalue weighted by Crippen LogP contribution is -2.31. The summed E-state index contributed by atoms with van der Waals surface area (Å²) in [5.74, 6) is -2.08. The van der Waals surface area contributed by atoms with Crippen LogP contribution in [0.25, 0.3) is 0 Å². The summed E-state index contributed by atoms with van der Waals surface area (Å²) >= 11 is 0. The molecule has 0 radical (unpaired) electrons. The van der Waals surface area contributed by atoms with Crippen molar-refractivity contribution in [2.24, 2.45) is 5.73 Å². The minimum atomic E-state index is -1.17. The van der Waals surface area contributed by atoms with E-state index >= 15 is 0 Å². The van der Waals surface area contributed by atoms with Gasteiger partial charge in [-0.2, -0.15) is 0 Å². The first-order valence-electron chi connectivity index (χ1n) is 6.01. The molecular weight excluding hydrogens is 265 g/mol. The standard InChI is InChI=1S/C14H18FNO4/c1-14(2,3)20-13(18)11(16)8-5-9(12(17)19-4)7-10(15)6-8/h5-7,11H,16H2,1-4H3/t11-/m1/s1. The van der Waals surface area contributed by atoms with Gasteiger partial charge in [-0.05, 0) is 44.5 Å². The molecule has 0 aliphatic rings. The van der Waals surface area contributed by atoms with Crippen molar-refractivity contribution in [1.29, 1.82) is 0 Å². The van der Waals surface area contributed by atoms with Crippen LogP contribution in [0.1, 0.15) is 42.7 Å². The highest BCUT2D eigenvalue weighted by Crippen LogP contribution is 2.19. The fourth-order valence-corrected chi connectivity index (χ4v) is 1.53. The van der Waals surface area contributed by atoms with Gasteiger partial charge in [0.25, 0.3) is 0 Å². The summed E-state index contributed by atoms with van der Waals surface area (Å²) < 4.78 is 23.1. The number of carbonyl (C=O) groups is 2. The van der Waals surface area contributed by atoms with E-state index in [4.69, 9.17) is 10.5 Å². The minimum Gasteiger partial charge on any atom is -0.465 e. The molecule has 0 fully saturated rings. The normalized spacial score (nSPS) is 12.7. The minimum absolute atomic E-state index is 0.0125. The van der Waals surface area contributed by atoms with Crippen molar-refractivity contribution in [1.82, 2.24) is 0 Å². The fraction of sp³-hybridized carbons (Fsp3) is 0.429. The Kier molecular flexibility index (Phi) is 4.83. The number of rotatable bonds is 3. The molecule has 5 nitrogen and oxygen atoms in total. The zero-order valence-corrected chi connectivity index (χ0v) is 11.9. The van der Waals surface area contributed by atoms with Crippen LogP contribution in [0.5, 0.6) is 0 Å². The molecule has 0 amide bonds. The van der Waals surface area contributed by atoms with E-state index < -0.39 is 29.4 Å². The Morgan fingerprint density at radius 1 is 1.25 bits per heavy atom. The third kappa shape index (κ3) is 4.31. The monoisotopic (exact) mass is 283 g/mol. The molecule has 0 aromatic heterocycles. The van der Waals surface area contributed by atoms with Crippen LogP contribution in [-0.4, -0.2) is 24.6 Å². The molecule has 0 aliphatic heterocycles. The third-order valence-electron chi connectivity index (χ3n) is 2.36. The molecule has 1 aromatic carbocycles. The zero-order chi connectivity index (χ0) is 15.5. The Morgan fingerprint density at radius 2 is 1.85 bits per heavy atom. The third-order valence-corrected chi connectivity index (χ3v) is 2.36. The van der Waals surface area contributed by atoms with Gasteiger partial charge in [-0.25, -0.2) is 14.0 Å². The molecule has 1 atom stereocenters. The molecule has 1 rings (SSSR count). The molecule has 0 saturated heterocycles. The number of halogens is 1. The van der Waals surface area contributed by atoms with Crippen LogP contribution in [0, 0.1) is 5.82 Å². The van der Waals surface area contributed by atoms with Crippen LogP contribution < -0.4 is 5.73 Å². The fourth-order valence-electron chi connectivity index (χ4n) is 1.53. The molecule has 0 heterocycles. The summed E-state index contributed by atoms with van der Waals surface area (Å²) in [5.41, 5.74) is 5.17. The van der Waals surface area contributed by atoms with Crippen molar-refractivity contribution < 1.29 is 23.5 Å². The van der Waals surface area contributed by atoms with Crippen LogP contribution in [-0.2, 0) is 14.3 Å². The van der Waals surface area contributed by atoms with Gasteiger partial charge in [-0.1, -0.05) is 0 Å². The van der Waals surface area contributed by atoms with Crippen LogP contribution in [0.2, 0.25) is 0 Å². The van der Waals surface area contributed by atoms with Crippen LogP contribution >= 0.6 is 0 Å². The molecule has 0 bridgehead atoms. The Hall–Kier alpha value is -1.95. The maximum atomic E-state index is 13.5. The van der Waals surface area contributed by atoms with E-state index in [1.165, 1.54) is 13.2 Å². The number of nitrogens with two attached hydrogens (primary N) is 1. The number of hydrogen-bond donors (Lipinski definition) is 1. The molecule has 0 aliphatic carbocycles. The summed E-state index contributed by atoms with van der Waals surface area (Å²) in [6.45, 7) is 5.09. The van der Waals surface area contributed by atoms with Crippen molar-refractivity contribution in [2.75, 3.05) is 7.11 Å². The van der Waals surface area contributed by atoms with Gasteiger partial charge < -0.3 is 15.2 Å². The van der Waals surface area contributed by atoms with E-state index in [1.807, 2.05) is 0 Å². The van der Waals surface area contributed by atoms with Gasteiger partial charge in [0.05, 0.1) is 12.7 Å². The smallest absolute Gasteiger partial charge is 0.337 e. The van der Waals surface area contributed by atoms with Gasteiger partial charge in [0.1, 0.15) is 17.5 Å². The Balaban J connectivity index is 3.04. The predicted octanol–water partition coefficient (Wildman–Crippen LogP) is 1.95. The van der Waals surface area contributed by atoms with Crippen molar-refractivity contribution in [3.63, 3.8) is 0 Å². The SMILES string of the molecule is COC(=O)c1cc(F)cc([C@@H](N)C(=O)OC(C)(C)C)c1. The summed E-state index contributed by atoms with van der Waals surface area (Å²) in [5, 5.41) is 0. The maximum Gasteiger partial charge on any atom is 0.337 e. The number of ether oxygens (including phenoxy) is 2. The molecule has 0 unspecified atom stereocenters. The Labute approximate surface area is 116 Å². The first kappa shape index (κ1) is 16.1. The lowest BCUT2D eigenvalue weighted by molar-refractivity contribution is -0.156. The average molecular weight is 283 g/mol. The quantitative estimate of drug-likeness (QED) is 0.858. The summed E-state index contributed by atoms with van der Waals surface area (Å²) in [6.07, 6.45) is 0. The second-order valence-electron chi connectivity index (χ2n) is 5.28. The number of carbonyl (C=O) groups excluding carboxylic acids is 2. The van der Waals surface area contributed by atoms with Crippen molar-refractivity contribution in [2.45, 2.75) is 32.4 Å². The number of benzene rings is 1. The first-order chi connectivity index (χ1) is 9.14. The van der Waals surface area contributed by atoms with Crippen LogP contribution in [0.3, 0.4) is 0 Å². The Morgan fingerprint density at radius 3 is 2.35 bits per heavy atom. The lowest BCUT2D eigenvalue weighted by Gasteiger charge is -2.22. The van der Waals surface area contributed by atoms with Gasteiger partial charge in [-0.3, -0.25) is 0 Å². The van der Waals surface area contributed by atoms with Crippen molar-refractivity contribution >= 4 is 11.9 Å². The molecule has 1 aromatic rings. The predicted molar refractivity (Wildman–Crippen MR) is 70.5 cm³/mol. The first-order valence-corrected chi connectivity index (χ1v) is 6.01. The number of hydrogen-bond acceptors (Lipinski definition) is 5. The summed E-state index contributed by atoms with van der Waals surface area (Å²) in [7, 11) is 1.18. The number of methoxy groups -OCH3 is 1. The highest BCUT2D eigenvalue weighted by atomic mass is 19.1. The molecular formula is C14H18FNO4. The average Bonchev–Trinajstić information content (AvgIpc) is 2.34. The zero-order valence-electron chi connectivity index (χ0n) is 11.9. The topological polar surface area (TPSA) is 78.6 Å². The largest absolute Gasteiger partial charge is 0.465 e. The van der Waals surface area contributed by atoms with E-state index in [9.17, 15) is 14.0 Å². The van der Waals surface area contributed by atoms with Gasteiger partial charge >= 0.3 is 11.9 Å². The highest BCUT2D eigenvalue weighted by Gasteiger charge is 2.24. The number of esters is 2. The molecule has 6 heteroatoms. The van der Waals surface area contributed by atoms with Crippen LogP contribution in [0.4, 0.5) is 4.39 Å². The van der Waals surface area contributed by atoms with Gasteiger partial charge in [0, 0.05) is 0 Å². The summed E-state index contributed by atoms with van der Waals surface area (Å²) in [6, 6.07) is 2.23. The molecule has 2 N–H and O–H groups in total. The second-order valence-corrected chi connectivity index (χ2v) is 5.28. The summed E-state index contributed by atoms with van der Waals surface area (Å²) in [4.78, 5) is 23.2. The van der Waals surface area contributed by atoms with E-state index in [2.05, 4.69) is 4.74 Å². The van der Waals surface area contributed by atoms with Gasteiger partial charge in [0.2, 0.25) is 0 Å². The molecule has 20 heavy (non-hydrogen) atoms. The Bertz CT molecular complexity index is 522. The molecule has 0 saturated carbocycles. The van der Waals surface area contributed by atoms with E-state index in [-0.39, 0.29) is 11.1 Å². The lowest BCUT2D eigenvalue weighted by atomic mass is 10.0. The van der Waals surface area contributed by atoms with Gasteiger partial charge in [0.15, 0.2) is 0 Å². The van der Waals surface area contributed by atoms with E-state index in [0.29, 0.717) is 0 Å². The molecule has 0 spiro atoms. The maximum absolute atomic E-state index is 13.5. The van der Waals surface area contributed by atoms with Crippen molar-refractivity contribution in [3.05, 3.63) is 35.1 Å². The van der Waals surface area contributed by atoms with E-state index in [0.717, 1.165) is 12.1 Å². The van der Waals surface area contributed by atoms with Gasteiger partial charge in [-0.15, -0.1) is 0 Å². The second kappa shape index (κ2) is 6.00. The highest BCUT2D eigenvalue weighted by molar-refractivity contribution is 5.90. The van der Waals surface area contributed by atoms with E-state index in [1.54, 1.807) is 20.8 Å². The molecule has 110 valence electrons.